The number of nitrogens with zero attached hydrogens (tertiary/aromatic N) is 1. The standard InChI is InChI=1S/C16H21NO2S/c1-4-5-15-9-6-14(3)12-17(15)20(18,19)16-10-7-13(2)8-11-16/h4,7-8,10-11,15H,1,3,5-6,9,12H2,2H3. The number of benzene rings is 1. The van der Waals surface area contributed by atoms with E-state index in [1.165, 1.54) is 0 Å². The Labute approximate surface area is 121 Å². The highest BCUT2D eigenvalue weighted by Crippen LogP contribution is 2.29. The molecule has 2 rings (SSSR count). The highest BCUT2D eigenvalue weighted by molar-refractivity contribution is 7.89. The maximum absolute atomic E-state index is 12.8. The quantitative estimate of drug-likeness (QED) is 0.798. The van der Waals surface area contributed by atoms with Gasteiger partial charge in [0, 0.05) is 12.6 Å². The first-order valence-corrected chi connectivity index (χ1v) is 8.25. The topological polar surface area (TPSA) is 37.4 Å². The van der Waals surface area contributed by atoms with E-state index in [0.29, 0.717) is 17.9 Å². The SMILES string of the molecule is C=CCC1CCC(=C)CN1S(=O)(=O)c1ccc(C)cc1. The van der Waals surface area contributed by atoms with Crippen LogP contribution in [0.3, 0.4) is 0 Å². The lowest BCUT2D eigenvalue weighted by molar-refractivity contribution is 0.292. The van der Waals surface area contributed by atoms with Gasteiger partial charge < -0.3 is 0 Å². The van der Waals surface area contributed by atoms with Gasteiger partial charge in [-0.3, -0.25) is 0 Å². The highest BCUT2D eigenvalue weighted by atomic mass is 32.2. The summed E-state index contributed by atoms with van der Waals surface area (Å²) in [6, 6.07) is 6.99. The highest BCUT2D eigenvalue weighted by Gasteiger charge is 2.33. The fraction of sp³-hybridized carbons (Fsp3) is 0.375. The molecule has 0 radical (unpaired) electrons. The molecule has 0 spiro atoms. The van der Waals surface area contributed by atoms with Gasteiger partial charge in [0.2, 0.25) is 10.0 Å². The maximum atomic E-state index is 12.8. The van der Waals surface area contributed by atoms with Crippen LogP contribution >= 0.6 is 0 Å². The average Bonchev–Trinajstić information content (AvgIpc) is 2.41. The number of sulfonamides is 1. The van der Waals surface area contributed by atoms with Crippen molar-refractivity contribution in [3.8, 4) is 0 Å². The number of aryl methyl sites for hydroxylation is 1. The molecule has 1 unspecified atom stereocenters. The first-order chi connectivity index (χ1) is 9.45. The van der Waals surface area contributed by atoms with Gasteiger partial charge in [-0.25, -0.2) is 8.42 Å². The van der Waals surface area contributed by atoms with Crippen LogP contribution < -0.4 is 0 Å². The Morgan fingerprint density at radius 3 is 2.60 bits per heavy atom. The van der Waals surface area contributed by atoms with Crippen LogP contribution in [0, 0.1) is 6.92 Å². The van der Waals surface area contributed by atoms with Gasteiger partial charge in [-0.15, -0.1) is 6.58 Å². The van der Waals surface area contributed by atoms with Crippen molar-refractivity contribution in [2.24, 2.45) is 0 Å². The monoisotopic (exact) mass is 291 g/mol. The fourth-order valence-electron chi connectivity index (χ4n) is 2.50. The normalized spacial score (nSPS) is 20.9. The van der Waals surface area contributed by atoms with Gasteiger partial charge in [-0.1, -0.05) is 35.9 Å². The minimum absolute atomic E-state index is 0.00990. The van der Waals surface area contributed by atoms with Crippen LogP contribution in [-0.4, -0.2) is 25.3 Å². The van der Waals surface area contributed by atoms with Crippen molar-refractivity contribution in [3.05, 3.63) is 54.6 Å². The lowest BCUT2D eigenvalue weighted by Crippen LogP contribution is -2.44. The van der Waals surface area contributed by atoms with Crippen molar-refractivity contribution >= 4 is 10.0 Å². The molecule has 0 aliphatic carbocycles. The van der Waals surface area contributed by atoms with Gasteiger partial charge >= 0.3 is 0 Å². The van der Waals surface area contributed by atoms with Crippen molar-refractivity contribution in [1.82, 2.24) is 4.31 Å². The maximum Gasteiger partial charge on any atom is 0.243 e. The van der Waals surface area contributed by atoms with E-state index in [4.69, 9.17) is 0 Å². The molecule has 0 aromatic heterocycles. The largest absolute Gasteiger partial charge is 0.243 e. The third-order valence-corrected chi connectivity index (χ3v) is 5.60. The van der Waals surface area contributed by atoms with Gasteiger partial charge in [-0.2, -0.15) is 4.31 Å². The van der Waals surface area contributed by atoms with Gasteiger partial charge in [-0.05, 0) is 38.3 Å². The van der Waals surface area contributed by atoms with Crippen LogP contribution in [0.15, 0.2) is 54.0 Å². The Bertz CT molecular complexity index is 602. The molecule has 1 aliphatic heterocycles. The number of hydrogen-bond acceptors (Lipinski definition) is 2. The molecule has 0 N–H and O–H groups in total. The summed E-state index contributed by atoms with van der Waals surface area (Å²) in [6.07, 6.45) is 4.17. The Kier molecular flexibility index (Phi) is 4.45. The predicted octanol–water partition coefficient (Wildman–Crippen LogP) is 3.28. The number of hydrogen-bond donors (Lipinski definition) is 0. The van der Waals surface area contributed by atoms with E-state index in [2.05, 4.69) is 13.2 Å². The number of piperidine rings is 1. The van der Waals surface area contributed by atoms with Crippen molar-refractivity contribution < 1.29 is 8.42 Å². The molecule has 1 fully saturated rings. The molecule has 1 aromatic carbocycles. The second kappa shape index (κ2) is 5.94. The molecule has 1 heterocycles. The average molecular weight is 291 g/mol. The van der Waals surface area contributed by atoms with Crippen LogP contribution in [0.5, 0.6) is 0 Å². The van der Waals surface area contributed by atoms with E-state index < -0.39 is 10.0 Å². The molecule has 1 atom stereocenters. The summed E-state index contributed by atoms with van der Waals surface area (Å²) in [6.45, 7) is 10.0. The van der Waals surface area contributed by atoms with E-state index in [9.17, 15) is 8.42 Å². The molecule has 20 heavy (non-hydrogen) atoms. The molecule has 0 amide bonds. The van der Waals surface area contributed by atoms with Crippen LogP contribution in [0.4, 0.5) is 0 Å². The molecule has 3 nitrogen and oxygen atoms in total. The fourth-order valence-corrected chi connectivity index (χ4v) is 4.19. The Balaban J connectivity index is 2.36. The van der Waals surface area contributed by atoms with Gasteiger partial charge in [0.15, 0.2) is 0 Å². The van der Waals surface area contributed by atoms with Crippen LogP contribution in [0.1, 0.15) is 24.8 Å². The molecule has 4 heteroatoms. The second-order valence-corrected chi connectivity index (χ2v) is 7.22. The van der Waals surface area contributed by atoms with Gasteiger partial charge in [0.05, 0.1) is 4.90 Å². The van der Waals surface area contributed by atoms with Crippen LogP contribution in [-0.2, 0) is 10.0 Å². The molecule has 1 aromatic rings. The first-order valence-electron chi connectivity index (χ1n) is 6.81. The summed E-state index contributed by atoms with van der Waals surface area (Å²) in [5.41, 5.74) is 2.02. The summed E-state index contributed by atoms with van der Waals surface area (Å²) in [5.74, 6) is 0. The van der Waals surface area contributed by atoms with Crippen LogP contribution in [0.2, 0.25) is 0 Å². The third-order valence-electron chi connectivity index (χ3n) is 3.68. The minimum Gasteiger partial charge on any atom is -0.207 e. The molecule has 0 bridgehead atoms. The van der Waals surface area contributed by atoms with E-state index in [1.807, 2.05) is 19.1 Å². The van der Waals surface area contributed by atoms with Gasteiger partial charge in [0.25, 0.3) is 0 Å². The zero-order valence-electron chi connectivity index (χ0n) is 11.9. The first kappa shape index (κ1) is 15.0. The summed E-state index contributed by atoms with van der Waals surface area (Å²) in [7, 11) is -3.46. The summed E-state index contributed by atoms with van der Waals surface area (Å²) in [4.78, 5) is 0.354. The predicted molar refractivity (Wildman–Crippen MR) is 82.0 cm³/mol. The lowest BCUT2D eigenvalue weighted by Gasteiger charge is -2.35. The Morgan fingerprint density at radius 2 is 2.00 bits per heavy atom. The Hall–Kier alpha value is -1.39. The second-order valence-electron chi connectivity index (χ2n) is 5.33. The third kappa shape index (κ3) is 3.02. The van der Waals surface area contributed by atoms with Crippen molar-refractivity contribution in [3.63, 3.8) is 0 Å². The van der Waals surface area contributed by atoms with Crippen LogP contribution in [0.25, 0.3) is 0 Å². The zero-order chi connectivity index (χ0) is 14.8. The van der Waals surface area contributed by atoms with E-state index in [0.717, 1.165) is 24.0 Å². The molecule has 1 aliphatic rings. The lowest BCUT2D eigenvalue weighted by atomic mass is 9.99. The molecule has 1 saturated heterocycles. The smallest absolute Gasteiger partial charge is 0.207 e. The van der Waals surface area contributed by atoms with E-state index >= 15 is 0 Å². The molecular formula is C16H21NO2S. The van der Waals surface area contributed by atoms with E-state index in [1.54, 1.807) is 22.5 Å². The summed E-state index contributed by atoms with van der Waals surface area (Å²) < 4.78 is 27.1. The zero-order valence-corrected chi connectivity index (χ0v) is 12.7. The summed E-state index contributed by atoms with van der Waals surface area (Å²) in [5, 5.41) is 0. The van der Waals surface area contributed by atoms with E-state index in [-0.39, 0.29) is 6.04 Å². The van der Waals surface area contributed by atoms with Crippen molar-refractivity contribution in [2.75, 3.05) is 6.54 Å². The molecule has 108 valence electrons. The van der Waals surface area contributed by atoms with Gasteiger partial charge in [0.1, 0.15) is 0 Å². The van der Waals surface area contributed by atoms with Crippen molar-refractivity contribution in [2.45, 2.75) is 37.1 Å². The van der Waals surface area contributed by atoms with Crippen molar-refractivity contribution in [1.29, 1.82) is 0 Å². The molecule has 0 saturated carbocycles. The summed E-state index contributed by atoms with van der Waals surface area (Å²) >= 11 is 0. The molecular weight excluding hydrogens is 270 g/mol. The minimum atomic E-state index is -3.46. The Morgan fingerprint density at radius 1 is 1.35 bits per heavy atom. The number of rotatable bonds is 4.